The van der Waals surface area contributed by atoms with Gasteiger partial charge in [0.15, 0.2) is 0 Å². The lowest BCUT2D eigenvalue weighted by atomic mass is 9.97. The van der Waals surface area contributed by atoms with E-state index in [0.29, 0.717) is 5.56 Å². The predicted octanol–water partition coefficient (Wildman–Crippen LogP) is 6.76. The molecule has 0 aromatic heterocycles. The van der Waals surface area contributed by atoms with Crippen LogP contribution in [0.2, 0.25) is 0 Å². The summed E-state index contributed by atoms with van der Waals surface area (Å²) >= 11 is 0. The van der Waals surface area contributed by atoms with Gasteiger partial charge in [-0.05, 0) is 77.4 Å². The number of nitrogens with zero attached hydrogens (tertiary/aromatic N) is 2. The van der Waals surface area contributed by atoms with E-state index in [1.165, 1.54) is 0 Å². The summed E-state index contributed by atoms with van der Waals surface area (Å²) in [6.45, 7) is 6.02. The Morgan fingerprint density at radius 1 is 0.756 bits per heavy atom. The van der Waals surface area contributed by atoms with Crippen molar-refractivity contribution in [3.05, 3.63) is 132 Å². The third kappa shape index (κ3) is 6.34. The van der Waals surface area contributed by atoms with Gasteiger partial charge in [0, 0.05) is 29.9 Å². The average molecular weight is 541 g/mol. The highest BCUT2D eigenvalue weighted by Gasteiger charge is 2.15. The van der Waals surface area contributed by atoms with Gasteiger partial charge in [-0.3, -0.25) is 9.59 Å². The predicted molar refractivity (Wildman–Crippen MR) is 169 cm³/mol. The molecule has 5 aromatic rings. The molecular formula is C35H32N4O2. The molecule has 0 aliphatic heterocycles. The largest absolute Gasteiger partial charge is 0.372 e. The Kier molecular flexibility index (Phi) is 8.50. The zero-order valence-electron chi connectivity index (χ0n) is 23.2. The van der Waals surface area contributed by atoms with E-state index in [-0.39, 0.29) is 11.6 Å². The number of fused-ring (bicyclic) bond motifs is 2. The molecule has 41 heavy (non-hydrogen) atoms. The van der Waals surface area contributed by atoms with Gasteiger partial charge in [0.1, 0.15) is 5.70 Å². The summed E-state index contributed by atoms with van der Waals surface area (Å²) in [4.78, 5) is 28.6. The third-order valence-electron chi connectivity index (χ3n) is 7.03. The number of nitrogens with one attached hydrogen (secondary N) is 2. The van der Waals surface area contributed by atoms with Crippen LogP contribution in [0.1, 0.15) is 35.3 Å². The summed E-state index contributed by atoms with van der Waals surface area (Å²) in [7, 11) is 0. The molecule has 6 nitrogen and oxygen atoms in total. The first-order valence-corrected chi connectivity index (χ1v) is 13.7. The molecule has 6 heteroatoms. The lowest BCUT2D eigenvalue weighted by molar-refractivity contribution is -0.117. The first-order chi connectivity index (χ1) is 20.1. The van der Waals surface area contributed by atoms with E-state index in [1.807, 2.05) is 66.7 Å². The van der Waals surface area contributed by atoms with E-state index in [0.717, 1.165) is 51.4 Å². The maximum atomic E-state index is 13.4. The Bertz CT molecular complexity index is 1680. The summed E-state index contributed by atoms with van der Waals surface area (Å²) in [6.07, 6.45) is 3.32. The molecule has 0 radical (unpaired) electrons. The van der Waals surface area contributed by atoms with Crippen molar-refractivity contribution < 1.29 is 9.59 Å². The van der Waals surface area contributed by atoms with Gasteiger partial charge >= 0.3 is 0 Å². The number of benzene rings is 5. The molecule has 5 rings (SSSR count). The van der Waals surface area contributed by atoms with E-state index >= 15 is 0 Å². The van der Waals surface area contributed by atoms with Crippen molar-refractivity contribution in [2.45, 2.75) is 13.8 Å². The molecule has 2 amide bonds. The fourth-order valence-electron chi connectivity index (χ4n) is 4.88. The molecule has 0 bridgehead atoms. The molecule has 0 fully saturated rings. The van der Waals surface area contributed by atoms with Crippen LogP contribution in [0.3, 0.4) is 0 Å². The lowest BCUT2D eigenvalue weighted by Gasteiger charge is -2.21. The minimum atomic E-state index is -0.525. The van der Waals surface area contributed by atoms with Crippen LogP contribution in [0.25, 0.3) is 27.6 Å². The Morgan fingerprint density at radius 2 is 1.34 bits per heavy atom. The number of amides is 2. The number of carbonyl (C=O) groups is 2. The van der Waals surface area contributed by atoms with Crippen LogP contribution in [-0.4, -0.2) is 31.1 Å². The zero-order valence-corrected chi connectivity index (χ0v) is 23.2. The molecule has 0 spiro atoms. The van der Waals surface area contributed by atoms with Gasteiger partial charge in [0.25, 0.3) is 11.8 Å². The van der Waals surface area contributed by atoms with Crippen LogP contribution >= 0.6 is 0 Å². The van der Waals surface area contributed by atoms with Gasteiger partial charge in [0.05, 0.1) is 6.21 Å². The number of hydrazone groups is 1. The molecule has 2 N–H and O–H groups in total. The molecule has 0 heterocycles. The van der Waals surface area contributed by atoms with Crippen molar-refractivity contribution in [2.24, 2.45) is 5.10 Å². The van der Waals surface area contributed by atoms with E-state index in [9.17, 15) is 9.59 Å². The number of hydrogen-bond acceptors (Lipinski definition) is 4. The number of carbonyl (C=O) groups excluding carboxylic acids is 2. The fraction of sp³-hybridized carbons (Fsp3) is 0.114. The van der Waals surface area contributed by atoms with Crippen LogP contribution < -0.4 is 15.6 Å². The summed E-state index contributed by atoms with van der Waals surface area (Å²) in [5.74, 6) is -0.904. The number of anilines is 1. The highest BCUT2D eigenvalue weighted by molar-refractivity contribution is 6.13. The molecule has 204 valence electrons. The van der Waals surface area contributed by atoms with Crippen molar-refractivity contribution in [1.82, 2.24) is 10.7 Å². The molecule has 0 saturated heterocycles. The second kappa shape index (κ2) is 12.7. The standard InChI is InChI=1S/C35H32N4O2/c1-3-39(4-2)29-20-18-25(19-21-29)22-33(37-34(40)26-12-6-5-7-13-26)35(41)38-36-24-32-30-16-10-8-14-27(30)23-28-15-9-11-17-31(28)32/h5-24H,3-4H2,1-2H3,(H,37,40)(H,38,41)/b33-22-,36-24+. The van der Waals surface area contributed by atoms with E-state index < -0.39 is 5.91 Å². The highest BCUT2D eigenvalue weighted by Crippen LogP contribution is 2.27. The molecule has 0 aliphatic rings. The highest BCUT2D eigenvalue weighted by atomic mass is 16.2. The number of hydrogen-bond donors (Lipinski definition) is 2. The van der Waals surface area contributed by atoms with Crippen LogP contribution in [0, 0.1) is 0 Å². The van der Waals surface area contributed by atoms with Crippen LogP contribution in [0.4, 0.5) is 5.69 Å². The van der Waals surface area contributed by atoms with E-state index in [4.69, 9.17) is 0 Å². The Morgan fingerprint density at radius 3 is 1.95 bits per heavy atom. The Labute approximate surface area is 240 Å². The van der Waals surface area contributed by atoms with Gasteiger partial charge in [0.2, 0.25) is 0 Å². The maximum absolute atomic E-state index is 13.4. The Balaban J connectivity index is 1.44. The van der Waals surface area contributed by atoms with Crippen LogP contribution in [0.15, 0.2) is 120 Å². The lowest BCUT2D eigenvalue weighted by Crippen LogP contribution is -2.32. The second-order valence-corrected chi connectivity index (χ2v) is 9.57. The van der Waals surface area contributed by atoms with Crippen LogP contribution in [-0.2, 0) is 4.79 Å². The quantitative estimate of drug-likeness (QED) is 0.0939. The van der Waals surface area contributed by atoms with Gasteiger partial charge < -0.3 is 10.2 Å². The van der Waals surface area contributed by atoms with Crippen molar-refractivity contribution in [3.63, 3.8) is 0 Å². The summed E-state index contributed by atoms with van der Waals surface area (Å²) in [5, 5.41) is 11.3. The minimum Gasteiger partial charge on any atom is -0.372 e. The molecule has 5 aromatic carbocycles. The fourth-order valence-corrected chi connectivity index (χ4v) is 4.88. The zero-order chi connectivity index (χ0) is 28.6. The van der Waals surface area contributed by atoms with Crippen molar-refractivity contribution >= 4 is 51.3 Å². The Hall–Kier alpha value is -5.23. The smallest absolute Gasteiger partial charge is 0.287 e. The van der Waals surface area contributed by atoms with Gasteiger partial charge in [-0.25, -0.2) is 5.43 Å². The van der Waals surface area contributed by atoms with Crippen molar-refractivity contribution in [2.75, 3.05) is 18.0 Å². The van der Waals surface area contributed by atoms with Gasteiger partial charge in [-0.1, -0.05) is 78.9 Å². The molecule has 0 unspecified atom stereocenters. The SMILES string of the molecule is CCN(CC)c1ccc(/C=C(\NC(=O)c2ccccc2)C(=O)N/N=C/c2c3ccccc3cc3ccccc23)cc1. The third-order valence-corrected chi connectivity index (χ3v) is 7.03. The molecule has 0 aliphatic carbocycles. The van der Waals surface area contributed by atoms with E-state index in [2.05, 4.69) is 52.8 Å². The topological polar surface area (TPSA) is 73.8 Å². The van der Waals surface area contributed by atoms with Crippen LogP contribution in [0.5, 0.6) is 0 Å². The van der Waals surface area contributed by atoms with Crippen molar-refractivity contribution in [3.8, 4) is 0 Å². The maximum Gasteiger partial charge on any atom is 0.287 e. The average Bonchev–Trinajstić information content (AvgIpc) is 3.02. The monoisotopic (exact) mass is 540 g/mol. The number of rotatable bonds is 9. The molecule has 0 atom stereocenters. The van der Waals surface area contributed by atoms with Gasteiger partial charge in [-0.2, -0.15) is 5.10 Å². The second-order valence-electron chi connectivity index (χ2n) is 9.57. The minimum absolute atomic E-state index is 0.0920. The van der Waals surface area contributed by atoms with Crippen molar-refractivity contribution in [1.29, 1.82) is 0 Å². The summed E-state index contributed by atoms with van der Waals surface area (Å²) < 4.78 is 0. The molecule has 0 saturated carbocycles. The normalized spacial score (nSPS) is 11.6. The first kappa shape index (κ1) is 27.3. The van der Waals surface area contributed by atoms with E-state index in [1.54, 1.807) is 36.6 Å². The first-order valence-electron chi connectivity index (χ1n) is 13.7. The summed E-state index contributed by atoms with van der Waals surface area (Å²) in [5.41, 5.74) is 5.95. The molecular weight excluding hydrogens is 508 g/mol. The van der Waals surface area contributed by atoms with Gasteiger partial charge in [-0.15, -0.1) is 0 Å². The summed E-state index contributed by atoms with van der Waals surface area (Å²) in [6, 6.07) is 35.0.